The fraction of sp³-hybridized carbons (Fsp3) is 0. The molecular weight excluding hydrogens is 589 g/mol. The van der Waals surface area contributed by atoms with Gasteiger partial charge in [0.2, 0.25) is 5.95 Å². The van der Waals surface area contributed by atoms with Gasteiger partial charge in [-0.15, -0.1) is 0 Å². The second-order valence-corrected chi connectivity index (χ2v) is 12.4. The van der Waals surface area contributed by atoms with Gasteiger partial charge in [0, 0.05) is 50.3 Å². The van der Waals surface area contributed by atoms with E-state index in [4.69, 9.17) is 14.4 Å². The zero-order chi connectivity index (χ0) is 31.3. The molecule has 0 radical (unpaired) electrons. The molecule has 0 saturated heterocycles. The van der Waals surface area contributed by atoms with Crippen molar-refractivity contribution in [1.82, 2.24) is 19.5 Å². The van der Waals surface area contributed by atoms with Crippen LogP contribution in [0.3, 0.4) is 0 Å². The summed E-state index contributed by atoms with van der Waals surface area (Å²) >= 11 is 0. The Morgan fingerprint density at radius 3 is 1.96 bits per heavy atom. The van der Waals surface area contributed by atoms with Crippen LogP contribution in [0, 0.1) is 0 Å². The quantitative estimate of drug-likeness (QED) is 0.182. The van der Waals surface area contributed by atoms with Gasteiger partial charge < -0.3 is 4.42 Å². The highest BCUT2D eigenvalue weighted by Gasteiger charge is 2.25. The maximum atomic E-state index is 6.64. The smallest absolute Gasteiger partial charge is 0.235 e. The molecule has 0 aliphatic rings. The fourth-order valence-electron chi connectivity index (χ4n) is 7.88. The highest BCUT2D eigenvalue weighted by molar-refractivity contribution is 6.35. The first-order valence-corrected chi connectivity index (χ1v) is 16.1. The van der Waals surface area contributed by atoms with Crippen LogP contribution in [0.5, 0.6) is 0 Å². The molecule has 0 aliphatic carbocycles. The summed E-state index contributed by atoms with van der Waals surface area (Å²) in [5, 5.41) is 12.1. The number of benzene rings is 7. The van der Waals surface area contributed by atoms with E-state index in [1.165, 1.54) is 10.8 Å². The average Bonchev–Trinajstić information content (AvgIpc) is 3.72. The van der Waals surface area contributed by atoms with Crippen LogP contribution in [-0.4, -0.2) is 19.5 Å². The monoisotopic (exact) mass is 612 g/mol. The normalized spacial score (nSPS) is 12.2. The van der Waals surface area contributed by atoms with Crippen LogP contribution in [-0.2, 0) is 0 Å². The number of aromatic nitrogens is 4. The molecule has 0 saturated carbocycles. The minimum absolute atomic E-state index is 0.618. The molecule has 0 atom stereocenters. The van der Waals surface area contributed by atoms with Gasteiger partial charge >= 0.3 is 0 Å². The molecule has 5 heteroatoms. The zero-order valence-electron chi connectivity index (χ0n) is 25.6. The van der Waals surface area contributed by atoms with Crippen molar-refractivity contribution in [2.24, 2.45) is 0 Å². The number of fused-ring (bicyclic) bond motifs is 16. The van der Waals surface area contributed by atoms with Crippen molar-refractivity contribution in [2.75, 3.05) is 0 Å². The number of furan rings is 1. The lowest BCUT2D eigenvalue weighted by atomic mass is 9.94. The highest BCUT2D eigenvalue weighted by atomic mass is 16.3. The molecule has 0 aliphatic heterocycles. The number of rotatable bonds is 2. The molecular formula is C43H24N4O. The van der Waals surface area contributed by atoms with Crippen LogP contribution >= 0.6 is 0 Å². The van der Waals surface area contributed by atoms with E-state index in [9.17, 15) is 0 Å². The van der Waals surface area contributed by atoms with Crippen molar-refractivity contribution in [1.29, 1.82) is 0 Å². The standard InChI is InChI=1S/C43H24N4O/c1-2-12-25(13-3-1)39-37-28-16-6-4-14-26(28)27-15-5-7-17-30(27)40(37)46-43(45-39)47-34-20-10-8-18-31(34)36-29-22-23-44-24-33(29)42-38(41(36)47)32-19-9-11-21-35(32)48-42/h1-24H. The van der Waals surface area contributed by atoms with Crippen LogP contribution in [0.25, 0.3) is 104 Å². The summed E-state index contributed by atoms with van der Waals surface area (Å²) in [5.41, 5.74) is 6.59. The van der Waals surface area contributed by atoms with Crippen LogP contribution in [0.15, 0.2) is 150 Å². The Morgan fingerprint density at radius 1 is 0.479 bits per heavy atom. The number of nitrogens with zero attached hydrogens (tertiary/aromatic N) is 4. The van der Waals surface area contributed by atoms with Gasteiger partial charge in [-0.25, -0.2) is 9.97 Å². The van der Waals surface area contributed by atoms with E-state index >= 15 is 0 Å². The lowest BCUT2D eigenvalue weighted by molar-refractivity contribution is 0.672. The summed E-state index contributed by atoms with van der Waals surface area (Å²) in [6, 6.07) is 46.6. The first-order valence-electron chi connectivity index (χ1n) is 16.1. The predicted octanol–water partition coefficient (Wildman–Crippen LogP) is 11.1. The van der Waals surface area contributed by atoms with E-state index in [0.29, 0.717) is 5.95 Å². The maximum Gasteiger partial charge on any atom is 0.235 e. The Morgan fingerprint density at radius 2 is 1.12 bits per heavy atom. The molecule has 11 aromatic rings. The molecule has 7 aromatic carbocycles. The third-order valence-corrected chi connectivity index (χ3v) is 9.86. The summed E-state index contributed by atoms with van der Waals surface area (Å²) in [7, 11) is 0. The molecule has 0 amide bonds. The Kier molecular flexibility index (Phi) is 5.05. The topological polar surface area (TPSA) is 56.7 Å². The number of hydrogen-bond donors (Lipinski definition) is 0. The fourth-order valence-corrected chi connectivity index (χ4v) is 7.88. The van der Waals surface area contributed by atoms with Gasteiger partial charge in [-0.05, 0) is 39.7 Å². The SMILES string of the molecule is c1ccc(-c2nc(-n3c4ccccc4c4c5ccncc5c5oc6ccccc6c5c43)nc3c4ccccc4c4ccccc4c23)cc1. The lowest BCUT2D eigenvalue weighted by Crippen LogP contribution is -2.04. The Labute approximate surface area is 273 Å². The minimum atomic E-state index is 0.618. The maximum absolute atomic E-state index is 6.64. The van der Waals surface area contributed by atoms with E-state index in [1.807, 2.05) is 24.5 Å². The summed E-state index contributed by atoms with van der Waals surface area (Å²) < 4.78 is 8.89. The van der Waals surface area contributed by atoms with Gasteiger partial charge in [0.15, 0.2) is 0 Å². The van der Waals surface area contributed by atoms with Gasteiger partial charge in [-0.2, -0.15) is 0 Å². The van der Waals surface area contributed by atoms with Crippen molar-refractivity contribution in [3.05, 3.63) is 146 Å². The number of pyridine rings is 1. The third-order valence-electron chi connectivity index (χ3n) is 9.86. The van der Waals surface area contributed by atoms with Crippen LogP contribution < -0.4 is 0 Å². The molecule has 48 heavy (non-hydrogen) atoms. The van der Waals surface area contributed by atoms with E-state index in [2.05, 4.69) is 131 Å². The van der Waals surface area contributed by atoms with Gasteiger partial charge in [-0.1, -0.05) is 115 Å². The van der Waals surface area contributed by atoms with E-state index in [-0.39, 0.29) is 0 Å². The van der Waals surface area contributed by atoms with Gasteiger partial charge in [0.05, 0.1) is 27.6 Å². The van der Waals surface area contributed by atoms with Crippen LogP contribution in [0.2, 0.25) is 0 Å². The van der Waals surface area contributed by atoms with Gasteiger partial charge in [0.1, 0.15) is 11.2 Å². The van der Waals surface area contributed by atoms with Crippen LogP contribution in [0.4, 0.5) is 0 Å². The van der Waals surface area contributed by atoms with Crippen molar-refractivity contribution < 1.29 is 4.42 Å². The van der Waals surface area contributed by atoms with Gasteiger partial charge in [-0.3, -0.25) is 9.55 Å². The van der Waals surface area contributed by atoms with Crippen molar-refractivity contribution in [3.63, 3.8) is 0 Å². The van der Waals surface area contributed by atoms with Crippen molar-refractivity contribution >= 4 is 87.0 Å². The minimum Gasteiger partial charge on any atom is -0.455 e. The Bertz CT molecular complexity index is 3120. The molecule has 0 N–H and O–H groups in total. The van der Waals surface area contributed by atoms with Gasteiger partial charge in [0.25, 0.3) is 0 Å². The van der Waals surface area contributed by atoms with E-state index in [0.717, 1.165) is 87.4 Å². The summed E-state index contributed by atoms with van der Waals surface area (Å²) in [4.78, 5) is 15.6. The molecule has 4 heterocycles. The predicted molar refractivity (Wildman–Crippen MR) is 197 cm³/mol. The summed E-state index contributed by atoms with van der Waals surface area (Å²) in [6.07, 6.45) is 3.78. The van der Waals surface area contributed by atoms with Crippen molar-refractivity contribution in [3.8, 4) is 17.2 Å². The lowest BCUT2D eigenvalue weighted by Gasteiger charge is -2.16. The third kappa shape index (κ3) is 3.32. The molecule has 0 fully saturated rings. The largest absolute Gasteiger partial charge is 0.455 e. The van der Waals surface area contributed by atoms with Crippen molar-refractivity contribution in [2.45, 2.75) is 0 Å². The Hall–Kier alpha value is -6.59. The molecule has 0 spiro atoms. The zero-order valence-corrected chi connectivity index (χ0v) is 25.6. The average molecular weight is 613 g/mol. The Balaban J connectivity index is 1.42. The molecule has 4 aromatic heterocycles. The number of para-hydroxylation sites is 2. The van der Waals surface area contributed by atoms with E-state index < -0.39 is 0 Å². The first kappa shape index (κ1) is 25.6. The molecule has 5 nitrogen and oxygen atoms in total. The second kappa shape index (κ2) is 9.47. The van der Waals surface area contributed by atoms with E-state index in [1.54, 1.807) is 0 Å². The summed E-state index contributed by atoms with van der Waals surface area (Å²) in [5.74, 6) is 0.618. The first-order chi connectivity index (χ1) is 23.8. The number of hydrogen-bond acceptors (Lipinski definition) is 4. The summed E-state index contributed by atoms with van der Waals surface area (Å²) in [6.45, 7) is 0. The highest BCUT2D eigenvalue weighted by Crippen LogP contribution is 2.46. The molecule has 11 rings (SSSR count). The molecule has 222 valence electrons. The molecule has 0 unspecified atom stereocenters. The molecule has 0 bridgehead atoms. The second-order valence-electron chi connectivity index (χ2n) is 12.4. The van der Waals surface area contributed by atoms with Crippen LogP contribution in [0.1, 0.15) is 0 Å².